The Hall–Kier alpha value is -2.36. The second-order valence-electron chi connectivity index (χ2n) is 24.1. The fourth-order valence-corrected chi connectivity index (χ4v) is 15.9. The van der Waals surface area contributed by atoms with Gasteiger partial charge in [-0.1, -0.05) is 25.1 Å². The SMILES string of the molecule is CO[C@@H]1[C@@H](O)[C@H](O[C@H]2[C@@H](OC)C[C@H](O[C@H]3[C@@H](OC)C[C@H](O[C@H]4[C@@H](OC)C[C@H](O[C@H]5CC[C@]6(C)[C@H]7C[C@@H](OC(=O)c8ccccc8)[C@@]8(C)[C@](O)(CC[C@@]8(O)C(C)=O)[C@]7(O)C[C@@H]7O[C@@]76C5)O[C@@H]4C)O[C@@H]3C)O[C@@H]2C)O[C@H](C)[C@H]1O. The van der Waals surface area contributed by atoms with Crippen LogP contribution in [0.25, 0.3) is 0 Å². The van der Waals surface area contributed by atoms with Gasteiger partial charge in [0.15, 0.2) is 30.9 Å². The first-order valence-electron chi connectivity index (χ1n) is 27.8. The summed E-state index contributed by atoms with van der Waals surface area (Å²) in [7, 11) is 6.23. The van der Waals surface area contributed by atoms with E-state index in [9.17, 15) is 35.1 Å². The second kappa shape index (κ2) is 21.4. The molecule has 21 heteroatoms. The van der Waals surface area contributed by atoms with Crippen molar-refractivity contribution in [2.75, 3.05) is 28.4 Å². The van der Waals surface area contributed by atoms with Crippen LogP contribution in [-0.2, 0) is 71.1 Å². The monoisotopic (exact) mass is 1090 g/mol. The minimum atomic E-state index is -2.06. The summed E-state index contributed by atoms with van der Waals surface area (Å²) in [6.45, 7) is 12.3. The summed E-state index contributed by atoms with van der Waals surface area (Å²) >= 11 is 0. The zero-order chi connectivity index (χ0) is 55.4. The van der Waals surface area contributed by atoms with Crippen LogP contribution in [-0.4, -0.2) is 211 Å². The molecule has 21 nitrogen and oxygen atoms in total. The molecule has 0 bridgehead atoms. The van der Waals surface area contributed by atoms with Crippen LogP contribution in [0, 0.1) is 16.7 Å². The van der Waals surface area contributed by atoms with Crippen molar-refractivity contribution in [1.29, 1.82) is 0 Å². The lowest BCUT2D eigenvalue weighted by atomic mass is 9.40. The average molecular weight is 1090 g/mol. The number of carbonyl (C=O) groups excluding carboxylic acids is 2. The lowest BCUT2D eigenvalue weighted by molar-refractivity contribution is -0.356. The molecule has 5 heterocycles. The molecule has 9 aliphatic rings. The fraction of sp³-hybridized carbons (Fsp3) is 0.857. The number of methoxy groups -OCH3 is 4. The van der Waals surface area contributed by atoms with E-state index in [0.29, 0.717) is 44.1 Å². The molecular formula is C56H84O21. The standard InChI is InChI=1S/C56H84O21/c1-27-43(58)48(67-11)44(59)50(71-27)76-47-30(4)70-42(23-36(47)66-10)75-46-29(3)69-41(22-35(46)65-9)74-45-28(2)68-40(21-34(45)64-8)72-33-17-18-51(6)37-24-38(73-49(60)32-15-13-12-14-16-32)52(7)53(61,31(5)57)19-20-56(52,63)54(37,62)26-39-55(51,25-33)77-39/h12-16,27-30,33-48,50,58-59,61-63H,17-26H2,1-11H3/t27-,28-,29-,30-,33+,34+,35+,36+,37-,38-,39+,40+,41+,42+,43-,44-,45-,46-,47-,48+,50+,51-,52-,53-,54+,55+,56-/m1/s1. The number of ether oxygens (including phenoxy) is 14. The van der Waals surface area contributed by atoms with Crippen molar-refractivity contribution in [2.24, 2.45) is 16.7 Å². The van der Waals surface area contributed by atoms with E-state index >= 15 is 0 Å². The Balaban J connectivity index is 0.759. The van der Waals surface area contributed by atoms with Crippen molar-refractivity contribution < 1.29 is 101 Å². The predicted molar refractivity (Wildman–Crippen MR) is 267 cm³/mol. The van der Waals surface area contributed by atoms with Crippen LogP contribution in [0.5, 0.6) is 0 Å². The number of Topliss-reactive ketones (excluding diaryl/α,β-unsaturated/α-hetero) is 1. The zero-order valence-electron chi connectivity index (χ0n) is 46.4. The Morgan fingerprint density at radius 2 is 1.17 bits per heavy atom. The van der Waals surface area contributed by atoms with Crippen molar-refractivity contribution in [1.82, 2.24) is 0 Å². The van der Waals surface area contributed by atoms with Gasteiger partial charge in [0, 0.05) is 71.9 Å². The van der Waals surface area contributed by atoms with Crippen LogP contribution in [0.2, 0.25) is 0 Å². The Labute approximate surface area is 451 Å². The highest BCUT2D eigenvalue weighted by Gasteiger charge is 2.87. The van der Waals surface area contributed by atoms with E-state index in [4.69, 9.17) is 66.3 Å². The van der Waals surface area contributed by atoms with Crippen LogP contribution < -0.4 is 0 Å². The van der Waals surface area contributed by atoms with Crippen molar-refractivity contribution in [3.63, 3.8) is 0 Å². The second-order valence-corrected chi connectivity index (χ2v) is 24.1. The van der Waals surface area contributed by atoms with Gasteiger partial charge in [0.1, 0.15) is 65.1 Å². The van der Waals surface area contributed by atoms with E-state index in [0.717, 1.165) is 0 Å². The molecule has 1 aromatic carbocycles. The Morgan fingerprint density at radius 3 is 1.70 bits per heavy atom. The average Bonchev–Trinajstić information content (AvgIpc) is 4.25. The number of aliphatic hydroxyl groups is 5. The quantitative estimate of drug-likeness (QED) is 0.0960. The molecule has 9 fully saturated rings. The maximum absolute atomic E-state index is 13.8. The molecule has 434 valence electrons. The summed E-state index contributed by atoms with van der Waals surface area (Å²) in [6, 6.07) is 8.49. The summed E-state index contributed by atoms with van der Waals surface area (Å²) < 4.78 is 87.9. The van der Waals surface area contributed by atoms with Crippen LogP contribution in [0.3, 0.4) is 0 Å². The molecule has 1 aromatic rings. The van der Waals surface area contributed by atoms with Crippen LogP contribution in [0.1, 0.15) is 123 Å². The molecule has 5 saturated heterocycles. The molecule has 0 amide bonds. The van der Waals surface area contributed by atoms with E-state index in [2.05, 4.69) is 6.92 Å². The van der Waals surface area contributed by atoms with E-state index in [1.54, 1.807) is 65.5 Å². The number of hydrogen-bond donors (Lipinski definition) is 5. The van der Waals surface area contributed by atoms with Gasteiger partial charge in [-0.15, -0.1) is 0 Å². The number of rotatable bonds is 15. The summed E-state index contributed by atoms with van der Waals surface area (Å²) in [6.07, 6.45) is -10.8. The highest BCUT2D eigenvalue weighted by molar-refractivity contribution is 5.90. The number of benzene rings is 1. The van der Waals surface area contributed by atoms with Gasteiger partial charge in [-0.3, -0.25) is 4.79 Å². The van der Waals surface area contributed by atoms with E-state index in [-0.39, 0.29) is 31.8 Å². The maximum atomic E-state index is 13.8. The molecule has 0 unspecified atom stereocenters. The maximum Gasteiger partial charge on any atom is 0.338 e. The van der Waals surface area contributed by atoms with Gasteiger partial charge in [0.25, 0.3) is 0 Å². The molecule has 77 heavy (non-hydrogen) atoms. The van der Waals surface area contributed by atoms with Crippen LogP contribution >= 0.6 is 0 Å². The fourth-order valence-electron chi connectivity index (χ4n) is 15.9. The van der Waals surface area contributed by atoms with Gasteiger partial charge in [-0.05, 0) is 85.8 Å². The van der Waals surface area contributed by atoms with E-state index < -0.39 is 168 Å². The normalized spacial score (nSPS) is 52.3. The van der Waals surface area contributed by atoms with Crippen molar-refractivity contribution in [2.45, 2.75) is 258 Å². The van der Waals surface area contributed by atoms with Crippen LogP contribution in [0.15, 0.2) is 30.3 Å². The first-order valence-corrected chi connectivity index (χ1v) is 27.8. The number of esters is 1. The highest BCUT2D eigenvalue weighted by atomic mass is 16.8. The highest BCUT2D eigenvalue weighted by Crippen LogP contribution is 2.77. The number of ketones is 1. The Morgan fingerprint density at radius 1 is 0.623 bits per heavy atom. The number of epoxide rings is 1. The van der Waals surface area contributed by atoms with Gasteiger partial charge in [-0.25, -0.2) is 4.79 Å². The van der Waals surface area contributed by atoms with Crippen LogP contribution in [0.4, 0.5) is 0 Å². The van der Waals surface area contributed by atoms with Crippen molar-refractivity contribution in [3.8, 4) is 0 Å². The van der Waals surface area contributed by atoms with Gasteiger partial charge >= 0.3 is 5.97 Å². The summed E-state index contributed by atoms with van der Waals surface area (Å²) in [5.41, 5.74) is -8.72. The molecule has 5 aliphatic heterocycles. The molecule has 4 aliphatic carbocycles. The third-order valence-electron chi connectivity index (χ3n) is 20.4. The largest absolute Gasteiger partial charge is 0.458 e. The number of fused-ring (bicyclic) bond motifs is 4. The van der Waals surface area contributed by atoms with Gasteiger partial charge in [0.05, 0.1) is 65.9 Å². The molecule has 0 radical (unpaired) electrons. The minimum Gasteiger partial charge on any atom is -0.458 e. The van der Waals surface area contributed by atoms with Gasteiger partial charge in [-0.2, -0.15) is 0 Å². The lowest BCUT2D eigenvalue weighted by Crippen LogP contribution is -2.80. The van der Waals surface area contributed by atoms with Gasteiger partial charge in [0.2, 0.25) is 0 Å². The third kappa shape index (κ3) is 9.30. The molecular weight excluding hydrogens is 1010 g/mol. The summed E-state index contributed by atoms with van der Waals surface area (Å²) in [4.78, 5) is 27.2. The molecule has 4 saturated carbocycles. The first-order chi connectivity index (χ1) is 36.5. The third-order valence-corrected chi connectivity index (χ3v) is 20.4. The van der Waals surface area contributed by atoms with E-state index in [1.165, 1.54) is 14.0 Å². The Bertz CT molecular complexity index is 2260. The Kier molecular flexibility index (Phi) is 16.1. The molecule has 10 rings (SSSR count). The topological polar surface area (TPSA) is 268 Å². The molecule has 27 atom stereocenters. The lowest BCUT2D eigenvalue weighted by Gasteiger charge is -2.67. The number of carbonyl (C=O) groups is 2. The first kappa shape index (κ1) is 57.9. The minimum absolute atomic E-state index is 0.0671. The molecule has 1 spiro atoms. The zero-order valence-corrected chi connectivity index (χ0v) is 46.4. The number of hydrogen-bond acceptors (Lipinski definition) is 21. The number of aliphatic hydroxyl groups excluding tert-OH is 2. The smallest absolute Gasteiger partial charge is 0.338 e. The summed E-state index contributed by atoms with van der Waals surface area (Å²) in [5.74, 6) is -1.83. The molecule has 5 N–H and O–H groups in total. The van der Waals surface area contributed by atoms with Crippen molar-refractivity contribution in [3.05, 3.63) is 35.9 Å². The predicted octanol–water partition coefficient (Wildman–Crippen LogP) is 3.02. The summed E-state index contributed by atoms with van der Waals surface area (Å²) in [5, 5.41) is 59.8. The molecule has 0 aromatic heterocycles. The van der Waals surface area contributed by atoms with Crippen molar-refractivity contribution >= 4 is 11.8 Å². The van der Waals surface area contributed by atoms with E-state index in [1.807, 2.05) is 20.8 Å². The van der Waals surface area contributed by atoms with Gasteiger partial charge < -0.3 is 91.8 Å².